The van der Waals surface area contributed by atoms with E-state index in [9.17, 15) is 9.59 Å². The van der Waals surface area contributed by atoms with Crippen LogP contribution in [0.15, 0.2) is 0 Å². The highest BCUT2D eigenvalue weighted by molar-refractivity contribution is 7.15. The van der Waals surface area contributed by atoms with E-state index >= 15 is 0 Å². The molecule has 0 unspecified atom stereocenters. The smallest absolute Gasteiger partial charge is 0.245 e. The third kappa shape index (κ3) is 7.56. The van der Waals surface area contributed by atoms with Gasteiger partial charge in [-0.15, -0.1) is 11.3 Å². The number of quaternary nitrogens is 1. The molecule has 1 aromatic rings. The number of carbonyl (C=O) groups is 2. The van der Waals surface area contributed by atoms with Crippen LogP contribution in [0.4, 0.5) is 5.13 Å². The molecule has 1 saturated heterocycles. The van der Waals surface area contributed by atoms with Gasteiger partial charge in [0.2, 0.25) is 11.8 Å². The maximum Gasteiger partial charge on any atom is 0.245 e. The van der Waals surface area contributed by atoms with Crippen LogP contribution in [0.2, 0.25) is 0 Å². The van der Waals surface area contributed by atoms with Crippen LogP contribution in [-0.4, -0.2) is 67.6 Å². The molecule has 1 aliphatic heterocycles. The second-order valence-corrected chi connectivity index (χ2v) is 8.79. The van der Waals surface area contributed by atoms with Crippen molar-refractivity contribution >= 4 is 28.3 Å². The van der Waals surface area contributed by atoms with Gasteiger partial charge >= 0.3 is 0 Å². The van der Waals surface area contributed by atoms with Crippen molar-refractivity contribution in [2.45, 2.75) is 40.5 Å². The van der Waals surface area contributed by atoms with Gasteiger partial charge < -0.3 is 19.9 Å². The van der Waals surface area contributed by atoms with Crippen LogP contribution in [0.1, 0.15) is 37.3 Å². The number of hydrogen-bond acceptors (Lipinski definition) is 5. The molecule has 1 aromatic heterocycles. The third-order valence-corrected chi connectivity index (χ3v) is 5.69. The SMILES string of the molecule is Cc1nc(NC(=O)CN(CCC[NH+]2CCOCC2)C(=O)CC(C)C)sc1C. The highest BCUT2D eigenvalue weighted by atomic mass is 32.1. The molecule has 2 heterocycles. The maximum atomic E-state index is 12.6. The lowest BCUT2D eigenvalue weighted by atomic mass is 10.1. The van der Waals surface area contributed by atoms with E-state index in [-0.39, 0.29) is 24.3 Å². The molecule has 0 aliphatic carbocycles. The first-order chi connectivity index (χ1) is 12.8. The Balaban J connectivity index is 1.87. The summed E-state index contributed by atoms with van der Waals surface area (Å²) >= 11 is 1.46. The molecular weight excluding hydrogens is 364 g/mol. The summed E-state index contributed by atoms with van der Waals surface area (Å²) in [7, 11) is 0. The van der Waals surface area contributed by atoms with Gasteiger partial charge in [0.1, 0.15) is 13.1 Å². The molecule has 0 spiro atoms. The second-order valence-electron chi connectivity index (χ2n) is 7.59. The minimum absolute atomic E-state index is 0.0450. The normalized spacial score (nSPS) is 15.1. The minimum atomic E-state index is -0.181. The Kier molecular flexibility index (Phi) is 8.66. The van der Waals surface area contributed by atoms with E-state index in [1.54, 1.807) is 4.90 Å². The lowest BCUT2D eigenvalue weighted by Gasteiger charge is -2.26. The topological polar surface area (TPSA) is 76.0 Å². The van der Waals surface area contributed by atoms with Crippen LogP contribution in [-0.2, 0) is 14.3 Å². The Bertz CT molecular complexity index is 607. The minimum Gasteiger partial charge on any atom is -0.370 e. The summed E-state index contributed by atoms with van der Waals surface area (Å²) in [4.78, 5) is 33.7. The summed E-state index contributed by atoms with van der Waals surface area (Å²) in [6.45, 7) is 13.3. The zero-order valence-corrected chi connectivity index (χ0v) is 17.8. The van der Waals surface area contributed by atoms with Gasteiger partial charge in [-0.1, -0.05) is 13.8 Å². The van der Waals surface area contributed by atoms with E-state index in [1.165, 1.54) is 16.2 Å². The number of rotatable bonds is 9. The van der Waals surface area contributed by atoms with Crippen LogP contribution in [0.3, 0.4) is 0 Å². The number of morpholine rings is 1. The first kappa shape index (κ1) is 21.8. The Morgan fingerprint density at radius 3 is 2.59 bits per heavy atom. The van der Waals surface area contributed by atoms with Gasteiger partial charge in [-0.3, -0.25) is 9.59 Å². The molecule has 0 saturated carbocycles. The Morgan fingerprint density at radius 2 is 2.00 bits per heavy atom. The van der Waals surface area contributed by atoms with Crippen molar-refractivity contribution in [1.82, 2.24) is 9.88 Å². The zero-order chi connectivity index (χ0) is 19.8. The molecule has 8 heteroatoms. The summed E-state index contributed by atoms with van der Waals surface area (Å²) in [6.07, 6.45) is 1.36. The van der Waals surface area contributed by atoms with Crippen LogP contribution >= 0.6 is 11.3 Å². The van der Waals surface area contributed by atoms with E-state index < -0.39 is 0 Å². The fraction of sp³-hybridized carbons (Fsp3) is 0.737. The van der Waals surface area contributed by atoms with Crippen molar-refractivity contribution in [3.63, 3.8) is 0 Å². The van der Waals surface area contributed by atoms with E-state index in [1.807, 2.05) is 27.7 Å². The number of hydrogen-bond donors (Lipinski definition) is 2. The summed E-state index contributed by atoms with van der Waals surface area (Å²) < 4.78 is 5.39. The lowest BCUT2D eigenvalue weighted by molar-refractivity contribution is -0.908. The standard InChI is InChI=1S/C19H32N4O3S/c1-14(2)12-18(25)23(7-5-6-22-8-10-26-11-9-22)13-17(24)21-19-20-15(3)16(4)27-19/h14H,5-13H2,1-4H3,(H,20,21,24)/p+1. The first-order valence-corrected chi connectivity index (χ1v) is 10.6. The summed E-state index contributed by atoms with van der Waals surface area (Å²) in [6, 6.07) is 0. The van der Waals surface area contributed by atoms with Crippen molar-refractivity contribution in [3.8, 4) is 0 Å². The predicted molar refractivity (Wildman–Crippen MR) is 107 cm³/mol. The molecule has 1 fully saturated rings. The molecule has 0 bridgehead atoms. The quantitative estimate of drug-likeness (QED) is 0.649. The predicted octanol–water partition coefficient (Wildman–Crippen LogP) is 0.878. The Labute approximate surface area is 166 Å². The van der Waals surface area contributed by atoms with Gasteiger partial charge in [0.15, 0.2) is 5.13 Å². The van der Waals surface area contributed by atoms with Crippen LogP contribution in [0, 0.1) is 19.8 Å². The van der Waals surface area contributed by atoms with Gasteiger partial charge in [-0.2, -0.15) is 0 Å². The molecule has 2 amide bonds. The Morgan fingerprint density at radius 1 is 1.30 bits per heavy atom. The molecule has 1 aliphatic rings. The lowest BCUT2D eigenvalue weighted by Crippen LogP contribution is -3.14. The number of aromatic nitrogens is 1. The van der Waals surface area contributed by atoms with Crippen LogP contribution < -0.4 is 10.2 Å². The fourth-order valence-electron chi connectivity index (χ4n) is 3.06. The van der Waals surface area contributed by atoms with Crippen LogP contribution in [0.25, 0.3) is 0 Å². The molecule has 0 aromatic carbocycles. The zero-order valence-electron chi connectivity index (χ0n) is 17.0. The van der Waals surface area contributed by atoms with Gasteiger partial charge in [-0.05, 0) is 19.8 Å². The maximum absolute atomic E-state index is 12.6. The summed E-state index contributed by atoms with van der Waals surface area (Å²) in [5.41, 5.74) is 0.927. The first-order valence-electron chi connectivity index (χ1n) is 9.78. The number of ether oxygens (including phenoxy) is 1. The number of carbonyl (C=O) groups excluding carboxylic acids is 2. The van der Waals surface area contributed by atoms with Crippen LogP contribution in [0.5, 0.6) is 0 Å². The van der Waals surface area contributed by atoms with Gasteiger partial charge in [0, 0.05) is 24.3 Å². The molecule has 27 heavy (non-hydrogen) atoms. The Hall–Kier alpha value is -1.51. The third-order valence-electron chi connectivity index (χ3n) is 4.70. The number of thiazole rings is 1. The summed E-state index contributed by atoms with van der Waals surface area (Å²) in [5, 5.41) is 3.44. The fourth-order valence-corrected chi connectivity index (χ4v) is 3.89. The monoisotopic (exact) mass is 397 g/mol. The van der Waals surface area contributed by atoms with Crippen molar-refractivity contribution in [1.29, 1.82) is 0 Å². The number of nitrogens with one attached hydrogen (secondary N) is 2. The average Bonchev–Trinajstić information content (AvgIpc) is 2.91. The second kappa shape index (κ2) is 10.7. The highest BCUT2D eigenvalue weighted by Crippen LogP contribution is 2.21. The molecule has 152 valence electrons. The van der Waals surface area contributed by atoms with Crippen molar-refractivity contribution in [2.24, 2.45) is 5.92 Å². The molecule has 0 radical (unpaired) electrons. The van der Waals surface area contributed by atoms with Gasteiger partial charge in [0.25, 0.3) is 0 Å². The number of aryl methyl sites for hydroxylation is 2. The molecule has 2 rings (SSSR count). The molecule has 2 N–H and O–H groups in total. The van der Waals surface area contributed by atoms with Crippen molar-refractivity contribution < 1.29 is 19.2 Å². The average molecular weight is 398 g/mol. The highest BCUT2D eigenvalue weighted by Gasteiger charge is 2.20. The number of anilines is 1. The number of nitrogens with zero attached hydrogens (tertiary/aromatic N) is 2. The number of amides is 2. The van der Waals surface area contributed by atoms with Crippen molar-refractivity contribution in [2.75, 3.05) is 51.3 Å². The molecule has 7 nitrogen and oxygen atoms in total. The summed E-state index contributed by atoms with van der Waals surface area (Å²) in [5.74, 6) is 0.139. The molecular formula is C19H33N4O3S+. The van der Waals surface area contributed by atoms with Gasteiger partial charge in [-0.25, -0.2) is 4.98 Å². The van der Waals surface area contributed by atoms with E-state index in [2.05, 4.69) is 10.3 Å². The van der Waals surface area contributed by atoms with E-state index in [0.717, 1.165) is 49.8 Å². The molecule has 0 atom stereocenters. The van der Waals surface area contributed by atoms with Crippen molar-refractivity contribution in [3.05, 3.63) is 10.6 Å². The van der Waals surface area contributed by atoms with E-state index in [4.69, 9.17) is 4.74 Å². The van der Waals surface area contributed by atoms with Gasteiger partial charge in [0.05, 0.1) is 32.0 Å². The largest absolute Gasteiger partial charge is 0.370 e. The van der Waals surface area contributed by atoms with E-state index in [0.29, 0.717) is 18.1 Å².